The van der Waals surface area contributed by atoms with E-state index in [2.05, 4.69) is 67.9 Å². The van der Waals surface area contributed by atoms with Crippen LogP contribution in [-0.4, -0.2) is 5.33 Å². The molecule has 0 aliphatic heterocycles. The summed E-state index contributed by atoms with van der Waals surface area (Å²) in [6, 6.07) is 8.91. The summed E-state index contributed by atoms with van der Waals surface area (Å²) in [7, 11) is 0. The number of rotatable bonds is 3. The van der Waals surface area contributed by atoms with Crippen LogP contribution in [0.3, 0.4) is 0 Å². The minimum Gasteiger partial charge on any atom is -0.0919 e. The molecule has 0 atom stereocenters. The number of alkyl halides is 1. The minimum absolute atomic E-state index is 0.227. The first-order chi connectivity index (χ1) is 6.47. The SMILES string of the molecule is CC(C)c1cccc(C(C)(C)CBr)c1. The van der Waals surface area contributed by atoms with Gasteiger partial charge in [-0.2, -0.15) is 0 Å². The number of hydrogen-bond donors (Lipinski definition) is 0. The van der Waals surface area contributed by atoms with Crippen LogP contribution in [0, 0.1) is 0 Å². The Morgan fingerprint density at radius 3 is 2.43 bits per heavy atom. The van der Waals surface area contributed by atoms with Crippen LogP contribution >= 0.6 is 15.9 Å². The van der Waals surface area contributed by atoms with Gasteiger partial charge in [0, 0.05) is 5.33 Å². The molecule has 1 aromatic carbocycles. The third-order valence-electron chi connectivity index (χ3n) is 2.67. The van der Waals surface area contributed by atoms with Crippen LogP contribution in [-0.2, 0) is 5.41 Å². The fourth-order valence-corrected chi connectivity index (χ4v) is 1.72. The average Bonchev–Trinajstić information content (AvgIpc) is 2.18. The molecule has 0 amide bonds. The first-order valence-corrected chi connectivity index (χ1v) is 6.26. The van der Waals surface area contributed by atoms with Gasteiger partial charge in [-0.1, -0.05) is 67.9 Å². The molecule has 0 aliphatic rings. The van der Waals surface area contributed by atoms with Crippen molar-refractivity contribution >= 4 is 15.9 Å². The molecule has 14 heavy (non-hydrogen) atoms. The molecule has 0 spiro atoms. The van der Waals surface area contributed by atoms with Gasteiger partial charge in [0.2, 0.25) is 0 Å². The lowest BCUT2D eigenvalue weighted by molar-refractivity contribution is 0.605. The summed E-state index contributed by atoms with van der Waals surface area (Å²) in [5, 5.41) is 1.00. The molecule has 0 saturated heterocycles. The molecular formula is C13H19Br. The average molecular weight is 255 g/mol. The summed E-state index contributed by atoms with van der Waals surface area (Å²) >= 11 is 3.57. The number of hydrogen-bond acceptors (Lipinski definition) is 0. The molecule has 0 nitrogen and oxygen atoms in total. The molecule has 0 aromatic heterocycles. The second-order valence-electron chi connectivity index (χ2n) is 4.80. The van der Waals surface area contributed by atoms with Gasteiger partial charge in [-0.05, 0) is 22.5 Å². The zero-order valence-corrected chi connectivity index (χ0v) is 11.1. The number of halogens is 1. The maximum atomic E-state index is 3.57. The van der Waals surface area contributed by atoms with Crippen molar-refractivity contribution in [1.82, 2.24) is 0 Å². The molecule has 0 fully saturated rings. The van der Waals surface area contributed by atoms with E-state index in [1.165, 1.54) is 11.1 Å². The summed E-state index contributed by atoms with van der Waals surface area (Å²) in [5.74, 6) is 0.612. The second-order valence-corrected chi connectivity index (χ2v) is 5.36. The molecule has 0 unspecified atom stereocenters. The zero-order valence-electron chi connectivity index (χ0n) is 9.47. The van der Waals surface area contributed by atoms with Crippen LogP contribution in [0.2, 0.25) is 0 Å². The van der Waals surface area contributed by atoms with Crippen molar-refractivity contribution in [2.24, 2.45) is 0 Å². The summed E-state index contributed by atoms with van der Waals surface area (Å²) in [6.07, 6.45) is 0. The highest BCUT2D eigenvalue weighted by molar-refractivity contribution is 9.09. The van der Waals surface area contributed by atoms with Crippen molar-refractivity contribution < 1.29 is 0 Å². The van der Waals surface area contributed by atoms with Gasteiger partial charge < -0.3 is 0 Å². The van der Waals surface area contributed by atoms with E-state index < -0.39 is 0 Å². The van der Waals surface area contributed by atoms with Crippen LogP contribution in [0.4, 0.5) is 0 Å². The Morgan fingerprint density at radius 1 is 1.29 bits per heavy atom. The van der Waals surface area contributed by atoms with Gasteiger partial charge in [-0.15, -0.1) is 0 Å². The van der Waals surface area contributed by atoms with Crippen molar-refractivity contribution in [2.45, 2.75) is 39.0 Å². The topological polar surface area (TPSA) is 0 Å². The Hall–Kier alpha value is -0.300. The molecule has 0 radical (unpaired) electrons. The van der Waals surface area contributed by atoms with E-state index in [0.717, 1.165) is 5.33 Å². The highest BCUT2D eigenvalue weighted by atomic mass is 79.9. The van der Waals surface area contributed by atoms with Crippen molar-refractivity contribution in [1.29, 1.82) is 0 Å². The largest absolute Gasteiger partial charge is 0.0919 e. The molecule has 1 aromatic rings. The van der Waals surface area contributed by atoms with Gasteiger partial charge in [0.1, 0.15) is 0 Å². The fraction of sp³-hybridized carbons (Fsp3) is 0.538. The monoisotopic (exact) mass is 254 g/mol. The fourth-order valence-electron chi connectivity index (χ4n) is 1.40. The van der Waals surface area contributed by atoms with Crippen LogP contribution in [0.25, 0.3) is 0 Å². The maximum Gasteiger partial charge on any atom is 0.0123 e. The van der Waals surface area contributed by atoms with Crippen LogP contribution in [0.5, 0.6) is 0 Å². The van der Waals surface area contributed by atoms with Gasteiger partial charge in [0.25, 0.3) is 0 Å². The van der Waals surface area contributed by atoms with Gasteiger partial charge in [-0.3, -0.25) is 0 Å². The van der Waals surface area contributed by atoms with Gasteiger partial charge in [-0.25, -0.2) is 0 Å². The smallest absolute Gasteiger partial charge is 0.0123 e. The highest BCUT2D eigenvalue weighted by Crippen LogP contribution is 2.27. The Morgan fingerprint density at radius 2 is 1.93 bits per heavy atom. The Bertz CT molecular complexity index is 300. The van der Waals surface area contributed by atoms with Crippen molar-refractivity contribution in [3.63, 3.8) is 0 Å². The molecule has 1 heteroatoms. The number of benzene rings is 1. The second kappa shape index (κ2) is 4.48. The lowest BCUT2D eigenvalue weighted by atomic mass is 9.85. The first-order valence-electron chi connectivity index (χ1n) is 5.14. The summed E-state index contributed by atoms with van der Waals surface area (Å²) in [5.41, 5.74) is 3.07. The van der Waals surface area contributed by atoms with Crippen LogP contribution < -0.4 is 0 Å². The van der Waals surface area contributed by atoms with Crippen molar-refractivity contribution in [2.75, 3.05) is 5.33 Å². The van der Waals surface area contributed by atoms with Crippen molar-refractivity contribution in [3.05, 3.63) is 35.4 Å². The quantitative estimate of drug-likeness (QED) is 0.698. The van der Waals surface area contributed by atoms with Gasteiger partial charge in [0.05, 0.1) is 0 Å². The molecule has 0 N–H and O–H groups in total. The van der Waals surface area contributed by atoms with E-state index >= 15 is 0 Å². The van der Waals surface area contributed by atoms with Gasteiger partial charge in [0.15, 0.2) is 0 Å². The molecule has 1 rings (SSSR count). The van der Waals surface area contributed by atoms with E-state index in [0.29, 0.717) is 5.92 Å². The zero-order chi connectivity index (χ0) is 10.8. The molecule has 0 bridgehead atoms. The first kappa shape index (κ1) is 11.8. The van der Waals surface area contributed by atoms with Crippen LogP contribution in [0.1, 0.15) is 44.7 Å². The Kier molecular flexibility index (Phi) is 3.77. The summed E-state index contributed by atoms with van der Waals surface area (Å²) < 4.78 is 0. The van der Waals surface area contributed by atoms with Gasteiger partial charge >= 0.3 is 0 Å². The highest BCUT2D eigenvalue weighted by Gasteiger charge is 2.19. The standard InChI is InChI=1S/C13H19Br/c1-10(2)11-6-5-7-12(8-11)13(3,4)9-14/h5-8,10H,9H2,1-4H3. The van der Waals surface area contributed by atoms with E-state index in [-0.39, 0.29) is 5.41 Å². The predicted molar refractivity (Wildman–Crippen MR) is 67.4 cm³/mol. The third-order valence-corrected chi connectivity index (χ3v) is 4.07. The normalized spacial score (nSPS) is 12.1. The molecule has 0 saturated carbocycles. The molecule has 0 heterocycles. The molecular weight excluding hydrogens is 236 g/mol. The summed E-state index contributed by atoms with van der Waals surface area (Å²) in [4.78, 5) is 0. The predicted octanol–water partition coefficient (Wildman–Crippen LogP) is 4.48. The van der Waals surface area contributed by atoms with Crippen molar-refractivity contribution in [3.8, 4) is 0 Å². The lowest BCUT2D eigenvalue weighted by Gasteiger charge is -2.23. The maximum absolute atomic E-state index is 3.57. The molecule has 0 aliphatic carbocycles. The Balaban J connectivity index is 3.05. The third kappa shape index (κ3) is 2.60. The van der Waals surface area contributed by atoms with Crippen LogP contribution in [0.15, 0.2) is 24.3 Å². The molecule has 78 valence electrons. The minimum atomic E-state index is 0.227. The van der Waals surface area contributed by atoms with E-state index in [9.17, 15) is 0 Å². The summed E-state index contributed by atoms with van der Waals surface area (Å²) in [6.45, 7) is 9.00. The van der Waals surface area contributed by atoms with E-state index in [1.54, 1.807) is 0 Å². The van der Waals surface area contributed by atoms with E-state index in [4.69, 9.17) is 0 Å². The van der Waals surface area contributed by atoms with E-state index in [1.807, 2.05) is 0 Å². The lowest BCUT2D eigenvalue weighted by Crippen LogP contribution is -2.18. The Labute approximate surface area is 95.9 Å².